The predicted molar refractivity (Wildman–Crippen MR) is 105 cm³/mol. The molecule has 0 aromatic carbocycles. The molecule has 0 radical (unpaired) electrons. The number of hydrogen-bond donors (Lipinski definition) is 3. The Bertz CT molecular complexity index is 821. The van der Waals surface area contributed by atoms with E-state index in [1.165, 1.54) is 0 Å². The fraction of sp³-hybridized carbons (Fsp3) is 0.500. The van der Waals surface area contributed by atoms with Crippen LogP contribution in [0.3, 0.4) is 0 Å². The maximum atomic E-state index is 10.1. The zero-order chi connectivity index (χ0) is 31.9. The van der Waals surface area contributed by atoms with Gasteiger partial charge in [0.25, 0.3) is 0 Å². The minimum Gasteiger partial charge on any atom is -0.550 e. The maximum absolute atomic E-state index is 10.1. The topological polar surface area (TPSA) is 422 Å². The summed E-state index contributed by atoms with van der Waals surface area (Å²) in [6.45, 7) is 0. The molecule has 0 amide bonds. The molecule has 0 aromatic heterocycles. The van der Waals surface area contributed by atoms with Crippen LogP contribution < -0.4 is 46.0 Å². The van der Waals surface area contributed by atoms with Crippen molar-refractivity contribution in [2.24, 2.45) is 0 Å². The predicted octanol–water partition coefficient (Wildman–Crippen LogP) is -16.9. The number of carboxylic acids is 9. The van der Waals surface area contributed by atoms with E-state index in [0.29, 0.717) is 0 Å². The van der Waals surface area contributed by atoms with E-state index in [0.717, 1.165) is 0 Å². The summed E-state index contributed by atoms with van der Waals surface area (Å²) in [6.07, 6.45) is -8.15. The summed E-state index contributed by atoms with van der Waals surface area (Å²) in [5, 5.41) is 117. The van der Waals surface area contributed by atoms with Gasteiger partial charge in [-0.25, -0.2) is 0 Å². The van der Waals surface area contributed by atoms with Crippen molar-refractivity contribution < 1.29 is 104 Å². The quantitative estimate of drug-likeness (QED) is 0.139. The smallest absolute Gasteiger partial charge is 0.550 e. The molecule has 222 valence electrons. The SMILES string of the molecule is O=C([O-])CC(O)(CC(=O)[O-])C(=O)[O-].O=C([O-])CC(O)(CC(=O)[O-])C(=O)[O-].O=C([O-])CC(O)(CC(=O)[O-])C(=O)[O-].[Al+3].[Al+3].[Al+3]. The summed E-state index contributed by atoms with van der Waals surface area (Å²) in [5.41, 5.74) is -8.92. The van der Waals surface area contributed by atoms with E-state index >= 15 is 0 Å². The Balaban J connectivity index is -0.000000112. The van der Waals surface area contributed by atoms with Crippen LogP contribution in [0.2, 0.25) is 0 Å². The van der Waals surface area contributed by atoms with Gasteiger partial charge in [-0.15, -0.1) is 0 Å². The van der Waals surface area contributed by atoms with E-state index in [1.54, 1.807) is 0 Å². The number of aliphatic hydroxyl groups is 3. The van der Waals surface area contributed by atoms with E-state index in [-0.39, 0.29) is 52.1 Å². The van der Waals surface area contributed by atoms with Crippen molar-refractivity contribution in [1.29, 1.82) is 0 Å². The van der Waals surface area contributed by atoms with Crippen LogP contribution in [0.15, 0.2) is 0 Å². The van der Waals surface area contributed by atoms with Crippen LogP contribution >= 0.6 is 0 Å². The molecule has 42 heavy (non-hydrogen) atoms. The van der Waals surface area contributed by atoms with Crippen molar-refractivity contribution in [3.05, 3.63) is 0 Å². The molecule has 21 nitrogen and oxygen atoms in total. The number of carbonyl (C=O) groups is 9. The molecule has 0 aliphatic heterocycles. The van der Waals surface area contributed by atoms with Gasteiger partial charge in [0.1, 0.15) is 16.8 Å². The average Bonchev–Trinajstić information content (AvgIpc) is 2.64. The molecule has 24 heteroatoms. The second kappa shape index (κ2) is 22.3. The van der Waals surface area contributed by atoms with Crippen molar-refractivity contribution >= 4 is 106 Å². The maximum Gasteiger partial charge on any atom is 3.00 e. The van der Waals surface area contributed by atoms with Crippen LogP contribution in [0.5, 0.6) is 0 Å². The van der Waals surface area contributed by atoms with E-state index in [9.17, 15) is 89.1 Å². The Hall–Kier alpha value is -3.29. The summed E-state index contributed by atoms with van der Waals surface area (Å²) < 4.78 is 0. The van der Waals surface area contributed by atoms with Gasteiger partial charge < -0.3 is 104 Å². The number of aliphatic carboxylic acids is 9. The van der Waals surface area contributed by atoms with Gasteiger partial charge >= 0.3 is 52.1 Å². The van der Waals surface area contributed by atoms with Crippen molar-refractivity contribution in [1.82, 2.24) is 0 Å². The molecule has 0 saturated heterocycles. The number of rotatable bonds is 15. The molecule has 0 aliphatic rings. The molecule has 0 aliphatic carbocycles. The molecule has 0 saturated carbocycles. The molecule has 0 bridgehead atoms. The van der Waals surface area contributed by atoms with Crippen LogP contribution in [0.1, 0.15) is 38.5 Å². The van der Waals surface area contributed by atoms with E-state index in [2.05, 4.69) is 0 Å². The Morgan fingerprint density at radius 2 is 0.429 bits per heavy atom. The fourth-order valence-electron chi connectivity index (χ4n) is 2.05. The summed E-state index contributed by atoms with van der Waals surface area (Å²) in [7, 11) is 0. The first-order valence-corrected chi connectivity index (χ1v) is 9.34. The third kappa shape index (κ3) is 23.4. The summed E-state index contributed by atoms with van der Waals surface area (Å²) in [6, 6.07) is 0. The normalized spacial score (nSPS) is 10.1. The summed E-state index contributed by atoms with van der Waals surface area (Å²) in [4.78, 5) is 90.0. The van der Waals surface area contributed by atoms with E-state index < -0.39 is 109 Å². The van der Waals surface area contributed by atoms with Crippen molar-refractivity contribution in [2.75, 3.05) is 0 Å². The van der Waals surface area contributed by atoms with Gasteiger partial charge in [0.15, 0.2) is 0 Å². The van der Waals surface area contributed by atoms with Crippen molar-refractivity contribution in [2.45, 2.75) is 55.3 Å². The van der Waals surface area contributed by atoms with Crippen LogP contribution in [0.4, 0.5) is 0 Å². The third-order valence-electron chi connectivity index (χ3n) is 3.76. The second-order valence-corrected chi connectivity index (χ2v) is 7.25. The first kappa shape index (κ1) is 51.4. The van der Waals surface area contributed by atoms with E-state index in [4.69, 9.17) is 15.3 Å². The number of carbonyl (C=O) groups excluding carboxylic acids is 9. The zero-order valence-electron chi connectivity index (χ0n) is 20.7. The van der Waals surface area contributed by atoms with Crippen LogP contribution in [0, 0.1) is 0 Å². The molecule has 0 aromatic rings. The standard InChI is InChI=1S/3C6H8O7.3Al/c3*7-3(8)1-6(13,5(11)12)2-4(9)10;;;/h3*13H,1-2H2,(H,7,8)(H,9,10)(H,11,12);;;/q;;;3*+3/p-9. The third-order valence-corrected chi connectivity index (χ3v) is 3.76. The molecular formula is C18H15Al3O21. The summed E-state index contributed by atoms with van der Waals surface area (Å²) in [5.74, 6) is -18.0. The minimum atomic E-state index is -2.97. The van der Waals surface area contributed by atoms with Gasteiger partial charge in [0.05, 0.1) is 17.9 Å². The molecule has 0 rings (SSSR count). The Labute approximate surface area is 265 Å². The van der Waals surface area contributed by atoms with Gasteiger partial charge in [0, 0.05) is 74.3 Å². The molecule has 0 atom stereocenters. The van der Waals surface area contributed by atoms with Crippen LogP contribution in [-0.2, 0) is 43.2 Å². The first-order valence-electron chi connectivity index (χ1n) is 9.34. The van der Waals surface area contributed by atoms with Crippen LogP contribution in [-0.4, -0.2) is 138 Å². The largest absolute Gasteiger partial charge is 3.00 e. The first-order chi connectivity index (χ1) is 17.3. The Kier molecular flexibility index (Phi) is 27.3. The monoisotopic (exact) mass is 648 g/mol. The average molecular weight is 648 g/mol. The number of carboxylic acid groups (broad SMARTS) is 9. The van der Waals surface area contributed by atoms with Gasteiger partial charge in [-0.1, -0.05) is 0 Å². The van der Waals surface area contributed by atoms with Gasteiger partial charge in [0.2, 0.25) is 0 Å². The molecule has 0 fully saturated rings. The van der Waals surface area contributed by atoms with Gasteiger partial charge in [-0.2, -0.15) is 0 Å². The van der Waals surface area contributed by atoms with Gasteiger partial charge in [-0.3, -0.25) is 0 Å². The summed E-state index contributed by atoms with van der Waals surface area (Å²) >= 11 is 0. The minimum absolute atomic E-state index is 0. The molecular weight excluding hydrogens is 633 g/mol. The Morgan fingerprint density at radius 1 is 0.333 bits per heavy atom. The van der Waals surface area contributed by atoms with Crippen molar-refractivity contribution in [3.8, 4) is 0 Å². The van der Waals surface area contributed by atoms with Crippen LogP contribution in [0.25, 0.3) is 0 Å². The second-order valence-electron chi connectivity index (χ2n) is 7.25. The molecule has 3 N–H and O–H groups in total. The van der Waals surface area contributed by atoms with Crippen molar-refractivity contribution in [3.63, 3.8) is 0 Å². The Morgan fingerprint density at radius 3 is 0.476 bits per heavy atom. The van der Waals surface area contributed by atoms with E-state index in [1.807, 2.05) is 0 Å². The molecule has 0 spiro atoms. The zero-order valence-corrected chi connectivity index (χ0v) is 24.1. The van der Waals surface area contributed by atoms with Gasteiger partial charge in [-0.05, 0) is 0 Å². The molecule has 0 unspecified atom stereocenters. The fourth-order valence-corrected chi connectivity index (χ4v) is 2.05. The molecule has 0 heterocycles. The number of hydrogen-bond acceptors (Lipinski definition) is 21.